The number of anilines is 2. The first-order valence-electron chi connectivity index (χ1n) is 6.61. The van der Waals surface area contributed by atoms with Crippen LogP contribution in [0.1, 0.15) is 12.5 Å². The minimum absolute atomic E-state index is 0.312. The van der Waals surface area contributed by atoms with Gasteiger partial charge in [0.1, 0.15) is 5.25 Å². The van der Waals surface area contributed by atoms with Crippen molar-refractivity contribution in [2.45, 2.75) is 24.0 Å². The van der Waals surface area contributed by atoms with Crippen LogP contribution >= 0.6 is 0 Å². The number of aryl methyl sites for hydroxylation is 1. The van der Waals surface area contributed by atoms with E-state index in [1.54, 1.807) is 37.3 Å². The topological polar surface area (TPSA) is 72.2 Å². The van der Waals surface area contributed by atoms with E-state index in [0.29, 0.717) is 16.3 Å². The number of carbonyl (C=O) groups excluding carboxylic acids is 1. The SMILES string of the molecule is Cc1cccc(S(=O)C(C)C(=O)Nc2ccccc2N)c1. The zero-order valence-electron chi connectivity index (χ0n) is 12.0. The Balaban J connectivity index is 2.12. The molecular weight excluding hydrogens is 284 g/mol. The maximum Gasteiger partial charge on any atom is 0.240 e. The fraction of sp³-hybridized carbons (Fsp3) is 0.188. The molecule has 0 aliphatic carbocycles. The second-order valence-electron chi connectivity index (χ2n) is 4.83. The van der Waals surface area contributed by atoms with Crippen molar-refractivity contribution in [2.24, 2.45) is 0 Å². The molecule has 110 valence electrons. The zero-order valence-corrected chi connectivity index (χ0v) is 12.8. The molecule has 5 heteroatoms. The number of hydrogen-bond acceptors (Lipinski definition) is 3. The van der Waals surface area contributed by atoms with E-state index in [0.717, 1.165) is 5.56 Å². The Morgan fingerprint density at radius 2 is 1.90 bits per heavy atom. The summed E-state index contributed by atoms with van der Waals surface area (Å²) >= 11 is 0. The summed E-state index contributed by atoms with van der Waals surface area (Å²) in [5.74, 6) is -0.312. The van der Waals surface area contributed by atoms with Crippen LogP contribution in [0.15, 0.2) is 53.4 Å². The molecule has 0 fully saturated rings. The third kappa shape index (κ3) is 3.70. The Bertz CT molecular complexity index is 685. The predicted octanol–water partition coefficient (Wildman–Crippen LogP) is 2.71. The minimum atomic E-state index is -1.40. The van der Waals surface area contributed by atoms with E-state index in [4.69, 9.17) is 5.73 Å². The van der Waals surface area contributed by atoms with Crippen molar-refractivity contribution in [2.75, 3.05) is 11.1 Å². The number of para-hydroxylation sites is 2. The van der Waals surface area contributed by atoms with Crippen LogP contribution in [0.5, 0.6) is 0 Å². The second-order valence-corrected chi connectivity index (χ2v) is 6.61. The van der Waals surface area contributed by atoms with Crippen LogP contribution in [0.4, 0.5) is 11.4 Å². The quantitative estimate of drug-likeness (QED) is 0.853. The van der Waals surface area contributed by atoms with Crippen LogP contribution < -0.4 is 11.1 Å². The number of amides is 1. The van der Waals surface area contributed by atoms with E-state index in [-0.39, 0.29) is 5.91 Å². The molecule has 0 radical (unpaired) electrons. The number of rotatable bonds is 4. The molecule has 0 bridgehead atoms. The Labute approximate surface area is 126 Å². The Hall–Kier alpha value is -2.14. The average Bonchev–Trinajstić information content (AvgIpc) is 2.48. The standard InChI is InChI=1S/C16H18N2O2S/c1-11-6-5-7-13(10-11)21(20)12(2)16(19)18-15-9-4-3-8-14(15)17/h3-10,12H,17H2,1-2H3,(H,18,19). The van der Waals surface area contributed by atoms with E-state index in [2.05, 4.69) is 5.32 Å². The molecule has 4 nitrogen and oxygen atoms in total. The fourth-order valence-corrected chi connectivity index (χ4v) is 3.06. The van der Waals surface area contributed by atoms with Crippen molar-refractivity contribution in [3.05, 3.63) is 54.1 Å². The zero-order chi connectivity index (χ0) is 15.4. The van der Waals surface area contributed by atoms with Gasteiger partial charge in [-0.05, 0) is 43.7 Å². The van der Waals surface area contributed by atoms with Gasteiger partial charge in [0.05, 0.1) is 22.2 Å². The molecule has 0 spiro atoms. The van der Waals surface area contributed by atoms with Crippen molar-refractivity contribution in [1.29, 1.82) is 0 Å². The highest BCUT2D eigenvalue weighted by Gasteiger charge is 2.22. The van der Waals surface area contributed by atoms with Crippen LogP contribution in [0.25, 0.3) is 0 Å². The maximum atomic E-state index is 12.4. The highest BCUT2D eigenvalue weighted by atomic mass is 32.2. The van der Waals surface area contributed by atoms with E-state index in [1.807, 2.05) is 25.1 Å². The number of benzene rings is 2. The lowest BCUT2D eigenvalue weighted by Crippen LogP contribution is -2.29. The molecule has 0 aliphatic heterocycles. The first-order chi connectivity index (χ1) is 9.99. The number of nitrogens with two attached hydrogens (primary N) is 1. The van der Waals surface area contributed by atoms with Gasteiger partial charge in [-0.2, -0.15) is 0 Å². The summed E-state index contributed by atoms with van der Waals surface area (Å²) in [6, 6.07) is 14.4. The Morgan fingerprint density at radius 3 is 2.57 bits per heavy atom. The van der Waals surface area contributed by atoms with Crippen LogP contribution in [0.2, 0.25) is 0 Å². The summed E-state index contributed by atoms with van der Waals surface area (Å²) in [7, 11) is -1.40. The summed E-state index contributed by atoms with van der Waals surface area (Å²) in [6.45, 7) is 3.57. The molecule has 0 saturated carbocycles. The lowest BCUT2D eigenvalue weighted by Gasteiger charge is -2.13. The molecule has 0 saturated heterocycles. The summed E-state index contributed by atoms with van der Waals surface area (Å²) in [5, 5.41) is 2.06. The number of hydrogen-bond donors (Lipinski definition) is 2. The van der Waals surface area contributed by atoms with Gasteiger partial charge in [0, 0.05) is 4.90 Å². The minimum Gasteiger partial charge on any atom is -0.397 e. The lowest BCUT2D eigenvalue weighted by molar-refractivity contribution is -0.115. The van der Waals surface area contributed by atoms with Crippen molar-refractivity contribution in [1.82, 2.24) is 0 Å². The Kier molecular flexibility index (Phi) is 4.75. The van der Waals surface area contributed by atoms with Crippen LogP contribution in [0, 0.1) is 6.92 Å². The predicted molar refractivity (Wildman–Crippen MR) is 86.5 cm³/mol. The molecule has 1 amide bonds. The molecule has 2 atom stereocenters. The van der Waals surface area contributed by atoms with E-state index >= 15 is 0 Å². The summed E-state index contributed by atoms with van der Waals surface area (Å²) in [6.07, 6.45) is 0. The second kappa shape index (κ2) is 6.54. The molecule has 2 aromatic rings. The van der Waals surface area contributed by atoms with Crippen molar-refractivity contribution >= 4 is 28.1 Å². The monoisotopic (exact) mass is 302 g/mol. The van der Waals surface area contributed by atoms with Gasteiger partial charge in [-0.15, -0.1) is 0 Å². The summed E-state index contributed by atoms with van der Waals surface area (Å²) in [5.41, 5.74) is 7.82. The maximum absolute atomic E-state index is 12.4. The first kappa shape index (κ1) is 15.3. The van der Waals surface area contributed by atoms with E-state index < -0.39 is 16.0 Å². The molecule has 3 N–H and O–H groups in total. The van der Waals surface area contributed by atoms with Crippen molar-refractivity contribution in [3.8, 4) is 0 Å². The Morgan fingerprint density at radius 1 is 1.19 bits per heavy atom. The van der Waals surface area contributed by atoms with E-state index in [1.165, 1.54) is 0 Å². The smallest absolute Gasteiger partial charge is 0.240 e. The highest BCUT2D eigenvalue weighted by molar-refractivity contribution is 7.86. The van der Waals surface area contributed by atoms with Gasteiger partial charge in [0.25, 0.3) is 0 Å². The summed E-state index contributed by atoms with van der Waals surface area (Å²) < 4.78 is 12.4. The molecule has 0 heterocycles. The van der Waals surface area contributed by atoms with Crippen LogP contribution in [0.3, 0.4) is 0 Å². The largest absolute Gasteiger partial charge is 0.397 e. The molecule has 0 aliphatic rings. The van der Waals surface area contributed by atoms with Crippen LogP contribution in [-0.2, 0) is 15.6 Å². The van der Waals surface area contributed by atoms with Gasteiger partial charge in [-0.25, -0.2) is 0 Å². The third-order valence-electron chi connectivity index (χ3n) is 3.13. The lowest BCUT2D eigenvalue weighted by atomic mass is 10.2. The number of nitrogen functional groups attached to an aromatic ring is 1. The number of nitrogens with one attached hydrogen (secondary N) is 1. The highest BCUT2D eigenvalue weighted by Crippen LogP contribution is 2.19. The van der Waals surface area contributed by atoms with Crippen LogP contribution in [-0.4, -0.2) is 15.4 Å². The normalized spacial score (nSPS) is 13.4. The van der Waals surface area contributed by atoms with Crippen molar-refractivity contribution in [3.63, 3.8) is 0 Å². The van der Waals surface area contributed by atoms with E-state index in [9.17, 15) is 9.00 Å². The van der Waals surface area contributed by atoms with Gasteiger partial charge in [0.2, 0.25) is 5.91 Å². The van der Waals surface area contributed by atoms with Gasteiger partial charge in [0.15, 0.2) is 0 Å². The van der Waals surface area contributed by atoms with Crippen molar-refractivity contribution < 1.29 is 9.00 Å². The molecule has 2 aromatic carbocycles. The van der Waals surface area contributed by atoms with Gasteiger partial charge in [-0.1, -0.05) is 24.3 Å². The fourth-order valence-electron chi connectivity index (χ4n) is 1.89. The molecule has 2 unspecified atom stereocenters. The molecule has 21 heavy (non-hydrogen) atoms. The third-order valence-corrected chi connectivity index (χ3v) is 4.71. The van der Waals surface area contributed by atoms with Gasteiger partial charge in [-0.3, -0.25) is 9.00 Å². The van der Waals surface area contributed by atoms with Gasteiger partial charge >= 0.3 is 0 Å². The molecular formula is C16H18N2O2S. The van der Waals surface area contributed by atoms with Gasteiger partial charge < -0.3 is 11.1 Å². The average molecular weight is 302 g/mol. The molecule has 0 aromatic heterocycles. The summed E-state index contributed by atoms with van der Waals surface area (Å²) in [4.78, 5) is 12.9. The molecule has 2 rings (SSSR count). The first-order valence-corrected chi connectivity index (χ1v) is 7.83. The number of carbonyl (C=O) groups is 1.